The summed E-state index contributed by atoms with van der Waals surface area (Å²) >= 11 is 0. The van der Waals surface area contributed by atoms with Gasteiger partial charge in [0.1, 0.15) is 28.9 Å². The van der Waals surface area contributed by atoms with Gasteiger partial charge in [-0.1, -0.05) is 12.1 Å². The van der Waals surface area contributed by atoms with Crippen molar-refractivity contribution in [1.82, 2.24) is 5.32 Å². The second-order valence-electron chi connectivity index (χ2n) is 5.70. The monoisotopic (exact) mass is 376 g/mol. The standard InChI is InChI=1S/C21H16N2O5/c1-26-21(25)15-6-4-14(5-7-15)19-9-8-17(28-19)11-16(12-22)20(24)23-13-18-3-2-10-27-18/h2-11H,13H2,1H3,(H,23,24)/b16-11+. The van der Waals surface area contributed by atoms with E-state index in [4.69, 9.17) is 8.83 Å². The Hall–Kier alpha value is -4.05. The van der Waals surface area contributed by atoms with Crippen LogP contribution in [0.15, 0.2) is 69.2 Å². The first-order chi connectivity index (χ1) is 13.6. The van der Waals surface area contributed by atoms with Gasteiger partial charge in [0.05, 0.1) is 25.5 Å². The number of rotatable bonds is 6. The summed E-state index contributed by atoms with van der Waals surface area (Å²) in [5, 5.41) is 11.9. The number of furan rings is 2. The molecule has 0 aliphatic rings. The topological polar surface area (TPSA) is 105 Å². The van der Waals surface area contributed by atoms with Crippen molar-refractivity contribution in [2.24, 2.45) is 0 Å². The van der Waals surface area contributed by atoms with Gasteiger partial charge in [0.2, 0.25) is 0 Å². The number of carbonyl (C=O) groups excluding carboxylic acids is 2. The molecule has 0 spiro atoms. The van der Waals surface area contributed by atoms with E-state index >= 15 is 0 Å². The van der Waals surface area contributed by atoms with Crippen LogP contribution in [0, 0.1) is 11.3 Å². The van der Waals surface area contributed by atoms with Gasteiger partial charge in [-0.3, -0.25) is 4.79 Å². The molecule has 0 fully saturated rings. The number of nitrogens with zero attached hydrogens (tertiary/aromatic N) is 1. The Kier molecular flexibility index (Phi) is 5.72. The summed E-state index contributed by atoms with van der Waals surface area (Å²) in [6.07, 6.45) is 2.87. The normalized spacial score (nSPS) is 10.9. The Morgan fingerprint density at radius 2 is 1.96 bits per heavy atom. The van der Waals surface area contributed by atoms with Crippen molar-refractivity contribution in [3.8, 4) is 17.4 Å². The van der Waals surface area contributed by atoms with Crippen LogP contribution in [0.1, 0.15) is 21.9 Å². The van der Waals surface area contributed by atoms with E-state index in [0.717, 1.165) is 5.56 Å². The van der Waals surface area contributed by atoms with Crippen LogP contribution >= 0.6 is 0 Å². The minimum atomic E-state index is -0.528. The molecule has 1 N–H and O–H groups in total. The minimum Gasteiger partial charge on any atom is -0.467 e. The lowest BCUT2D eigenvalue weighted by molar-refractivity contribution is -0.117. The molecule has 7 nitrogen and oxygen atoms in total. The predicted octanol–water partition coefficient (Wildman–Crippen LogP) is 3.55. The molecule has 0 saturated heterocycles. The van der Waals surface area contributed by atoms with E-state index in [-0.39, 0.29) is 12.1 Å². The largest absolute Gasteiger partial charge is 0.467 e. The van der Waals surface area contributed by atoms with E-state index in [9.17, 15) is 14.9 Å². The zero-order chi connectivity index (χ0) is 19.9. The third-order valence-corrected chi connectivity index (χ3v) is 3.87. The van der Waals surface area contributed by atoms with Gasteiger partial charge < -0.3 is 18.9 Å². The molecule has 0 aliphatic carbocycles. The maximum atomic E-state index is 12.2. The average Bonchev–Trinajstić information content (AvgIpc) is 3.41. The summed E-state index contributed by atoms with van der Waals surface area (Å²) in [5.74, 6) is 0.530. The van der Waals surface area contributed by atoms with Crippen LogP contribution in [-0.4, -0.2) is 19.0 Å². The first-order valence-electron chi connectivity index (χ1n) is 8.31. The lowest BCUT2D eigenvalue weighted by Crippen LogP contribution is -2.23. The van der Waals surface area contributed by atoms with Crippen LogP contribution in [0.3, 0.4) is 0 Å². The molecule has 2 heterocycles. The Morgan fingerprint density at radius 1 is 1.18 bits per heavy atom. The molecule has 7 heteroatoms. The number of nitriles is 1. The Bertz CT molecular complexity index is 1040. The number of methoxy groups -OCH3 is 1. The molecule has 0 aliphatic heterocycles. The fraction of sp³-hybridized carbons (Fsp3) is 0.0952. The summed E-state index contributed by atoms with van der Waals surface area (Å²) < 4.78 is 15.5. The molecule has 0 radical (unpaired) electrons. The lowest BCUT2D eigenvalue weighted by atomic mass is 10.1. The third kappa shape index (κ3) is 4.37. The number of benzene rings is 1. The summed E-state index contributed by atoms with van der Waals surface area (Å²) in [4.78, 5) is 23.6. The van der Waals surface area contributed by atoms with E-state index in [1.54, 1.807) is 48.5 Å². The molecule has 2 aromatic heterocycles. The number of hydrogen-bond donors (Lipinski definition) is 1. The summed E-state index contributed by atoms with van der Waals surface area (Å²) in [7, 11) is 1.32. The highest BCUT2D eigenvalue weighted by molar-refractivity contribution is 6.01. The maximum Gasteiger partial charge on any atom is 0.337 e. The first kappa shape index (κ1) is 18.7. The summed E-state index contributed by atoms with van der Waals surface area (Å²) in [5.41, 5.74) is 1.08. The molecule has 3 aromatic rings. The SMILES string of the molecule is COC(=O)c1ccc(-c2ccc(/C=C(\C#N)C(=O)NCc3ccco3)o2)cc1. The van der Waals surface area contributed by atoms with E-state index in [0.29, 0.717) is 22.8 Å². The number of ether oxygens (including phenoxy) is 1. The highest BCUT2D eigenvalue weighted by atomic mass is 16.5. The highest BCUT2D eigenvalue weighted by Crippen LogP contribution is 2.24. The van der Waals surface area contributed by atoms with Crippen molar-refractivity contribution < 1.29 is 23.2 Å². The van der Waals surface area contributed by atoms with Crippen molar-refractivity contribution in [2.45, 2.75) is 6.54 Å². The molecule has 0 saturated carbocycles. The van der Waals surface area contributed by atoms with Crippen LogP contribution in [0.4, 0.5) is 0 Å². The van der Waals surface area contributed by atoms with E-state index in [2.05, 4.69) is 10.1 Å². The fourth-order valence-electron chi connectivity index (χ4n) is 2.44. The van der Waals surface area contributed by atoms with Gasteiger partial charge in [-0.2, -0.15) is 5.26 Å². The van der Waals surface area contributed by atoms with Crippen molar-refractivity contribution >= 4 is 18.0 Å². The number of carbonyl (C=O) groups is 2. The quantitative estimate of drug-likeness (QED) is 0.401. The van der Waals surface area contributed by atoms with Crippen molar-refractivity contribution in [2.75, 3.05) is 7.11 Å². The molecule has 3 rings (SSSR count). The number of amides is 1. The lowest BCUT2D eigenvalue weighted by Gasteiger charge is -2.02. The van der Waals surface area contributed by atoms with Gasteiger partial charge in [-0.25, -0.2) is 4.79 Å². The molecule has 0 atom stereocenters. The van der Waals surface area contributed by atoms with Crippen LogP contribution in [-0.2, 0) is 16.1 Å². The van der Waals surface area contributed by atoms with Crippen molar-refractivity contribution in [3.05, 3.63) is 77.5 Å². The van der Waals surface area contributed by atoms with Gasteiger partial charge in [0.25, 0.3) is 5.91 Å². The summed E-state index contributed by atoms with van der Waals surface area (Å²) in [6, 6.07) is 15.4. The van der Waals surface area contributed by atoms with Gasteiger partial charge in [-0.15, -0.1) is 0 Å². The fourth-order valence-corrected chi connectivity index (χ4v) is 2.44. The smallest absolute Gasteiger partial charge is 0.337 e. The van der Waals surface area contributed by atoms with Gasteiger partial charge in [0.15, 0.2) is 0 Å². The second kappa shape index (κ2) is 8.56. The van der Waals surface area contributed by atoms with E-state index in [1.165, 1.54) is 19.4 Å². The Balaban J connectivity index is 1.71. The van der Waals surface area contributed by atoms with E-state index in [1.807, 2.05) is 6.07 Å². The van der Waals surface area contributed by atoms with Gasteiger partial charge >= 0.3 is 5.97 Å². The molecular weight excluding hydrogens is 360 g/mol. The average molecular weight is 376 g/mol. The molecule has 0 bridgehead atoms. The molecule has 28 heavy (non-hydrogen) atoms. The Labute approximate surface area is 160 Å². The molecule has 0 unspecified atom stereocenters. The van der Waals surface area contributed by atoms with Gasteiger partial charge in [-0.05, 0) is 36.4 Å². The van der Waals surface area contributed by atoms with Gasteiger partial charge in [0, 0.05) is 11.6 Å². The maximum absolute atomic E-state index is 12.2. The zero-order valence-electron chi connectivity index (χ0n) is 15.0. The number of nitrogens with one attached hydrogen (secondary N) is 1. The summed E-state index contributed by atoms with van der Waals surface area (Å²) in [6.45, 7) is 0.181. The molecular formula is C21H16N2O5. The van der Waals surface area contributed by atoms with Crippen molar-refractivity contribution in [3.63, 3.8) is 0 Å². The zero-order valence-corrected chi connectivity index (χ0v) is 15.0. The second-order valence-corrected chi connectivity index (χ2v) is 5.70. The number of hydrogen-bond acceptors (Lipinski definition) is 6. The van der Waals surface area contributed by atoms with Crippen LogP contribution < -0.4 is 5.32 Å². The molecule has 140 valence electrons. The first-order valence-corrected chi connectivity index (χ1v) is 8.31. The highest BCUT2D eigenvalue weighted by Gasteiger charge is 2.12. The van der Waals surface area contributed by atoms with E-state index < -0.39 is 11.9 Å². The molecule has 1 amide bonds. The number of esters is 1. The predicted molar refractivity (Wildman–Crippen MR) is 99.6 cm³/mol. The minimum absolute atomic E-state index is 0.0894. The molecule has 1 aromatic carbocycles. The third-order valence-electron chi connectivity index (χ3n) is 3.87. The van der Waals surface area contributed by atoms with Crippen LogP contribution in [0.5, 0.6) is 0 Å². The Morgan fingerprint density at radius 3 is 2.61 bits per heavy atom. The van der Waals surface area contributed by atoms with Crippen LogP contribution in [0.25, 0.3) is 17.4 Å². The van der Waals surface area contributed by atoms with Crippen molar-refractivity contribution in [1.29, 1.82) is 5.26 Å². The van der Waals surface area contributed by atoms with Crippen LogP contribution in [0.2, 0.25) is 0 Å².